The maximum absolute atomic E-state index is 11.9. The minimum absolute atomic E-state index is 0.235. The molecule has 0 aliphatic carbocycles. The third-order valence-electron chi connectivity index (χ3n) is 2.50. The molecular weight excluding hydrogens is 226 g/mol. The van der Waals surface area contributed by atoms with Gasteiger partial charge in [0.2, 0.25) is 0 Å². The number of benzene rings is 1. The first-order chi connectivity index (χ1) is 8.35. The van der Waals surface area contributed by atoms with E-state index in [9.17, 15) is 4.79 Å². The second kappa shape index (κ2) is 5.83. The quantitative estimate of drug-likeness (QED) is 0.657. The van der Waals surface area contributed by atoms with Gasteiger partial charge in [-0.3, -0.25) is 4.79 Å². The van der Waals surface area contributed by atoms with Crippen LogP contribution < -0.4 is 5.73 Å². The lowest BCUT2D eigenvalue weighted by Crippen LogP contribution is -2.41. The number of hydrogen-bond donors (Lipinski definition) is 1. The van der Waals surface area contributed by atoms with Crippen LogP contribution in [0.5, 0.6) is 0 Å². The zero-order valence-corrected chi connectivity index (χ0v) is 11.2. The van der Waals surface area contributed by atoms with Crippen LogP contribution >= 0.6 is 0 Å². The zero-order valence-electron chi connectivity index (χ0n) is 11.2. The fourth-order valence-electron chi connectivity index (χ4n) is 1.68. The highest BCUT2D eigenvalue weighted by atomic mass is 16.6. The Morgan fingerprint density at radius 3 is 2.33 bits per heavy atom. The third-order valence-corrected chi connectivity index (χ3v) is 2.50. The molecule has 0 aliphatic heterocycles. The van der Waals surface area contributed by atoms with E-state index in [0.717, 1.165) is 5.56 Å². The van der Waals surface area contributed by atoms with Gasteiger partial charge in [0.25, 0.3) is 0 Å². The van der Waals surface area contributed by atoms with E-state index in [-0.39, 0.29) is 5.92 Å². The van der Waals surface area contributed by atoms with Crippen molar-refractivity contribution in [1.82, 2.24) is 0 Å². The highest BCUT2D eigenvalue weighted by molar-refractivity contribution is 5.77. The Hall–Kier alpha value is -1.61. The monoisotopic (exact) mass is 247 g/mol. The first-order valence-electron chi connectivity index (χ1n) is 6.01. The molecule has 1 aromatic carbocycles. The van der Waals surface area contributed by atoms with Crippen molar-refractivity contribution in [3.63, 3.8) is 0 Å². The third kappa shape index (κ3) is 4.00. The summed E-state index contributed by atoms with van der Waals surface area (Å²) < 4.78 is 5.29. The van der Waals surface area contributed by atoms with Crippen molar-refractivity contribution in [3.8, 4) is 0 Å². The summed E-state index contributed by atoms with van der Waals surface area (Å²) in [5.74, 6) is -0.641. The lowest BCUT2D eigenvalue weighted by molar-refractivity contribution is -0.156. The highest BCUT2D eigenvalue weighted by Crippen LogP contribution is 2.21. The first kappa shape index (κ1) is 14.5. The van der Waals surface area contributed by atoms with Crippen LogP contribution in [-0.4, -0.2) is 17.6 Å². The Kier molecular flexibility index (Phi) is 4.68. The van der Waals surface area contributed by atoms with Crippen LogP contribution in [0, 0.1) is 0 Å². The van der Waals surface area contributed by atoms with Gasteiger partial charge in [0, 0.05) is 5.92 Å². The smallest absolute Gasteiger partial charge is 0.324 e. The van der Waals surface area contributed by atoms with Crippen LogP contribution in [0.2, 0.25) is 0 Å². The second-order valence-corrected chi connectivity index (χ2v) is 5.23. The number of esters is 1. The maximum Gasteiger partial charge on any atom is 0.324 e. The van der Waals surface area contributed by atoms with Gasteiger partial charge in [-0.25, -0.2) is 0 Å². The van der Waals surface area contributed by atoms with Crippen molar-refractivity contribution >= 4 is 5.97 Å². The van der Waals surface area contributed by atoms with Gasteiger partial charge in [-0.15, -0.1) is 6.58 Å². The van der Waals surface area contributed by atoms with Gasteiger partial charge in [-0.1, -0.05) is 36.4 Å². The molecule has 0 heterocycles. The number of carbonyl (C=O) groups excluding carboxylic acids is 1. The Bertz CT molecular complexity index is 406. The molecule has 0 radical (unpaired) electrons. The van der Waals surface area contributed by atoms with Crippen LogP contribution in [0.15, 0.2) is 43.0 Å². The first-order valence-corrected chi connectivity index (χ1v) is 6.01. The number of rotatable bonds is 4. The van der Waals surface area contributed by atoms with E-state index in [1.54, 1.807) is 6.08 Å². The summed E-state index contributed by atoms with van der Waals surface area (Å²) in [6.45, 7) is 9.22. The largest absolute Gasteiger partial charge is 0.459 e. The van der Waals surface area contributed by atoms with Gasteiger partial charge in [0.15, 0.2) is 0 Å². The van der Waals surface area contributed by atoms with Gasteiger partial charge in [0.05, 0.1) is 0 Å². The molecule has 1 aromatic rings. The fourth-order valence-corrected chi connectivity index (χ4v) is 1.68. The van der Waals surface area contributed by atoms with Crippen molar-refractivity contribution in [2.45, 2.75) is 38.3 Å². The Morgan fingerprint density at radius 2 is 1.89 bits per heavy atom. The van der Waals surface area contributed by atoms with Crippen molar-refractivity contribution in [1.29, 1.82) is 0 Å². The van der Waals surface area contributed by atoms with Crippen molar-refractivity contribution in [2.75, 3.05) is 0 Å². The Morgan fingerprint density at radius 1 is 1.33 bits per heavy atom. The van der Waals surface area contributed by atoms with Crippen molar-refractivity contribution in [2.24, 2.45) is 5.73 Å². The lowest BCUT2D eigenvalue weighted by Gasteiger charge is -2.25. The van der Waals surface area contributed by atoms with E-state index in [1.807, 2.05) is 51.1 Å². The van der Waals surface area contributed by atoms with Crippen LogP contribution in [0.1, 0.15) is 32.3 Å². The summed E-state index contributed by atoms with van der Waals surface area (Å²) in [4.78, 5) is 11.9. The number of nitrogens with two attached hydrogens (primary N) is 1. The van der Waals surface area contributed by atoms with Crippen LogP contribution in [0.4, 0.5) is 0 Å². The van der Waals surface area contributed by atoms with E-state index in [1.165, 1.54) is 0 Å². The molecule has 0 aliphatic rings. The average molecular weight is 247 g/mol. The second-order valence-electron chi connectivity index (χ2n) is 5.23. The summed E-state index contributed by atoms with van der Waals surface area (Å²) in [6, 6.07) is 8.86. The average Bonchev–Trinajstić information content (AvgIpc) is 2.29. The number of carbonyl (C=O) groups is 1. The van der Waals surface area contributed by atoms with Gasteiger partial charge in [-0.2, -0.15) is 0 Å². The minimum Gasteiger partial charge on any atom is -0.459 e. The summed E-state index contributed by atoms with van der Waals surface area (Å²) in [6.07, 6.45) is 1.68. The molecule has 98 valence electrons. The van der Waals surface area contributed by atoms with Crippen molar-refractivity contribution < 1.29 is 9.53 Å². The number of hydrogen-bond acceptors (Lipinski definition) is 3. The number of ether oxygens (including phenoxy) is 1. The van der Waals surface area contributed by atoms with Gasteiger partial charge in [0.1, 0.15) is 11.6 Å². The lowest BCUT2D eigenvalue weighted by atomic mass is 9.92. The van der Waals surface area contributed by atoms with E-state index < -0.39 is 17.6 Å². The molecule has 3 heteroatoms. The predicted molar refractivity (Wildman–Crippen MR) is 73.2 cm³/mol. The zero-order chi connectivity index (χ0) is 13.8. The molecule has 0 spiro atoms. The molecule has 0 aromatic heterocycles. The summed E-state index contributed by atoms with van der Waals surface area (Å²) in [5.41, 5.74) is 6.40. The maximum atomic E-state index is 11.9. The normalized spacial score (nSPS) is 14.7. The summed E-state index contributed by atoms with van der Waals surface area (Å²) >= 11 is 0. The summed E-state index contributed by atoms with van der Waals surface area (Å²) in [7, 11) is 0. The van der Waals surface area contributed by atoms with Crippen LogP contribution in [0.3, 0.4) is 0 Å². The topological polar surface area (TPSA) is 52.3 Å². The molecule has 0 amide bonds. The fraction of sp³-hybridized carbons (Fsp3) is 0.400. The molecule has 0 unspecified atom stereocenters. The Balaban J connectivity index is 2.84. The molecule has 0 fully saturated rings. The molecule has 1 rings (SSSR count). The van der Waals surface area contributed by atoms with Gasteiger partial charge >= 0.3 is 5.97 Å². The molecule has 2 atom stereocenters. The van der Waals surface area contributed by atoms with E-state index in [4.69, 9.17) is 10.5 Å². The van der Waals surface area contributed by atoms with Crippen LogP contribution in [0.25, 0.3) is 0 Å². The highest BCUT2D eigenvalue weighted by Gasteiger charge is 2.28. The molecule has 18 heavy (non-hydrogen) atoms. The molecule has 2 N–H and O–H groups in total. The standard InChI is InChI=1S/C15H21NO2/c1-5-12(11-9-7-6-8-10-11)13(16)14(17)18-15(2,3)4/h5-10,12-13H,1,16H2,2-4H3/t12-,13-/m0/s1. The van der Waals surface area contributed by atoms with Crippen molar-refractivity contribution in [3.05, 3.63) is 48.6 Å². The molecule has 0 bridgehead atoms. The molecule has 3 nitrogen and oxygen atoms in total. The van der Waals surface area contributed by atoms with E-state index in [0.29, 0.717) is 0 Å². The molecular formula is C15H21NO2. The Labute approximate surface area is 109 Å². The van der Waals surface area contributed by atoms with E-state index in [2.05, 4.69) is 6.58 Å². The van der Waals surface area contributed by atoms with Crippen LogP contribution in [-0.2, 0) is 9.53 Å². The molecule has 0 saturated heterocycles. The van der Waals surface area contributed by atoms with Gasteiger partial charge < -0.3 is 10.5 Å². The SMILES string of the molecule is C=C[C@@H](c1ccccc1)[C@H](N)C(=O)OC(C)(C)C. The summed E-state index contributed by atoms with van der Waals surface area (Å²) in [5, 5.41) is 0. The molecule has 0 saturated carbocycles. The van der Waals surface area contributed by atoms with Gasteiger partial charge in [-0.05, 0) is 26.3 Å². The predicted octanol–water partition coefficient (Wildman–Crippen LogP) is 2.63. The van der Waals surface area contributed by atoms with E-state index >= 15 is 0 Å². The minimum atomic E-state index is -0.732.